The second kappa shape index (κ2) is 6.38. The van der Waals surface area contributed by atoms with Crippen molar-refractivity contribution in [2.45, 2.75) is 32.6 Å². The molecule has 130 valence electrons. The van der Waals surface area contributed by atoms with Crippen LogP contribution in [0.25, 0.3) is 0 Å². The molecule has 24 heavy (non-hydrogen) atoms. The number of ether oxygens (including phenoxy) is 1. The number of rotatable bonds is 4. The summed E-state index contributed by atoms with van der Waals surface area (Å²) >= 11 is 0. The van der Waals surface area contributed by atoms with E-state index < -0.39 is 17.4 Å². The molecule has 8 heteroatoms. The fourth-order valence-corrected chi connectivity index (χ4v) is 2.32. The number of carbonyl (C=O) groups excluding carboxylic acids is 2. The molecule has 1 saturated heterocycles. The average Bonchev–Trinajstić information content (AvgIpc) is 2.48. The van der Waals surface area contributed by atoms with Crippen molar-refractivity contribution in [3.63, 3.8) is 0 Å². The van der Waals surface area contributed by atoms with Gasteiger partial charge in [-0.3, -0.25) is 10.1 Å². The first-order valence-electron chi connectivity index (χ1n) is 7.38. The van der Waals surface area contributed by atoms with Crippen LogP contribution in [0.5, 0.6) is 11.5 Å². The molecule has 2 rings (SSSR count). The number of carboxylic acid groups (broad SMARTS) is 1. The minimum atomic E-state index is -1.12. The van der Waals surface area contributed by atoms with E-state index in [2.05, 4.69) is 5.32 Å². The fourth-order valence-electron chi connectivity index (χ4n) is 2.32. The van der Waals surface area contributed by atoms with Gasteiger partial charge in [0, 0.05) is 18.1 Å². The zero-order valence-corrected chi connectivity index (χ0v) is 14.0. The number of imide groups is 1. The number of carboxylic acids is 1. The van der Waals surface area contributed by atoms with Crippen LogP contribution in [0.4, 0.5) is 4.79 Å². The molecule has 3 amide bonds. The first-order chi connectivity index (χ1) is 11.1. The van der Waals surface area contributed by atoms with Crippen LogP contribution < -0.4 is 14.9 Å². The Balaban J connectivity index is 2.47. The average molecular weight is 336 g/mol. The first kappa shape index (κ1) is 17.6. The molecular weight excluding hydrogens is 316 g/mol. The van der Waals surface area contributed by atoms with E-state index >= 15 is 0 Å². The molecule has 2 N–H and O–H groups in total. The number of carbonyl (C=O) groups is 3. The third-order valence-electron chi connectivity index (χ3n) is 3.54. The minimum Gasteiger partial charge on any atom is -0.492 e. The predicted octanol–water partition coefficient (Wildman–Crippen LogP) is 1.93. The highest BCUT2D eigenvalue weighted by atomic mass is 16.7. The number of hydroxylamine groups is 2. The van der Waals surface area contributed by atoms with Crippen LogP contribution in [0.3, 0.4) is 0 Å². The molecule has 1 aliphatic rings. The van der Waals surface area contributed by atoms with Crippen LogP contribution in [0.1, 0.15) is 43.1 Å². The van der Waals surface area contributed by atoms with E-state index in [4.69, 9.17) is 9.57 Å². The summed E-state index contributed by atoms with van der Waals surface area (Å²) in [5, 5.41) is 12.4. The molecule has 8 nitrogen and oxygen atoms in total. The van der Waals surface area contributed by atoms with Gasteiger partial charge < -0.3 is 14.7 Å². The maximum absolute atomic E-state index is 11.8. The van der Waals surface area contributed by atoms with Crippen molar-refractivity contribution in [2.75, 3.05) is 13.7 Å². The molecule has 1 fully saturated rings. The number of hydrogen-bond donors (Lipinski definition) is 2. The summed E-state index contributed by atoms with van der Waals surface area (Å²) < 4.78 is 5.39. The summed E-state index contributed by atoms with van der Waals surface area (Å²) in [6.45, 7) is 5.79. The SMILES string of the molecule is COc1c(ON2CCC(=O)NC2=O)cc(C(=O)O)cc1C(C)(C)C. The highest BCUT2D eigenvalue weighted by Crippen LogP contribution is 2.40. The summed E-state index contributed by atoms with van der Waals surface area (Å²) in [6.07, 6.45) is 0.0960. The molecule has 0 atom stereocenters. The molecule has 0 aromatic heterocycles. The minimum absolute atomic E-state index is 0.0178. The summed E-state index contributed by atoms with van der Waals surface area (Å²) in [7, 11) is 1.44. The third-order valence-corrected chi connectivity index (χ3v) is 3.54. The lowest BCUT2D eigenvalue weighted by molar-refractivity contribution is -0.125. The smallest absolute Gasteiger partial charge is 0.357 e. The lowest BCUT2D eigenvalue weighted by Gasteiger charge is -2.29. The Hall–Kier alpha value is -2.77. The van der Waals surface area contributed by atoms with Crippen LogP contribution in [0.2, 0.25) is 0 Å². The predicted molar refractivity (Wildman–Crippen MR) is 84.1 cm³/mol. The van der Waals surface area contributed by atoms with E-state index in [1.165, 1.54) is 19.2 Å². The van der Waals surface area contributed by atoms with Crippen LogP contribution in [0, 0.1) is 0 Å². The summed E-state index contributed by atoms with van der Waals surface area (Å²) in [5.41, 5.74) is 0.243. The zero-order chi connectivity index (χ0) is 18.1. The van der Waals surface area contributed by atoms with Gasteiger partial charge in [-0.15, -0.1) is 0 Å². The van der Waals surface area contributed by atoms with Gasteiger partial charge in [0.1, 0.15) is 0 Å². The highest BCUT2D eigenvalue weighted by Gasteiger charge is 2.29. The van der Waals surface area contributed by atoms with Gasteiger partial charge in [0.2, 0.25) is 5.91 Å². The molecule has 1 aromatic carbocycles. The van der Waals surface area contributed by atoms with E-state index in [1.807, 2.05) is 20.8 Å². The number of benzene rings is 1. The maximum Gasteiger partial charge on any atom is 0.357 e. The normalized spacial score (nSPS) is 15.1. The van der Waals surface area contributed by atoms with Crippen molar-refractivity contribution >= 4 is 17.9 Å². The Labute approximate surface area is 139 Å². The van der Waals surface area contributed by atoms with Gasteiger partial charge in [-0.2, -0.15) is 5.06 Å². The van der Waals surface area contributed by atoms with E-state index in [0.29, 0.717) is 11.3 Å². The molecule has 1 heterocycles. The van der Waals surface area contributed by atoms with Crippen LogP contribution >= 0.6 is 0 Å². The Bertz CT molecular complexity index is 693. The van der Waals surface area contributed by atoms with E-state index in [9.17, 15) is 19.5 Å². The first-order valence-corrected chi connectivity index (χ1v) is 7.38. The van der Waals surface area contributed by atoms with Gasteiger partial charge in [0.15, 0.2) is 11.5 Å². The quantitative estimate of drug-likeness (QED) is 0.870. The Morgan fingerprint density at radius 1 is 1.29 bits per heavy atom. The second-order valence-corrected chi connectivity index (χ2v) is 6.41. The topological polar surface area (TPSA) is 105 Å². The molecule has 0 spiro atoms. The molecule has 0 bridgehead atoms. The van der Waals surface area contributed by atoms with Crippen molar-refractivity contribution in [2.24, 2.45) is 0 Å². The van der Waals surface area contributed by atoms with Gasteiger partial charge in [-0.05, 0) is 11.5 Å². The van der Waals surface area contributed by atoms with E-state index in [0.717, 1.165) is 5.06 Å². The van der Waals surface area contributed by atoms with Gasteiger partial charge in [0.25, 0.3) is 0 Å². The fraction of sp³-hybridized carbons (Fsp3) is 0.438. The molecule has 0 unspecified atom stereocenters. The largest absolute Gasteiger partial charge is 0.492 e. The number of amides is 3. The monoisotopic (exact) mass is 336 g/mol. The van der Waals surface area contributed by atoms with Gasteiger partial charge in [-0.25, -0.2) is 9.59 Å². The number of methoxy groups -OCH3 is 1. The van der Waals surface area contributed by atoms with Crippen LogP contribution in [-0.2, 0) is 10.2 Å². The van der Waals surface area contributed by atoms with Crippen molar-refractivity contribution < 1.29 is 29.1 Å². The lowest BCUT2D eigenvalue weighted by Crippen LogP contribution is -2.50. The Morgan fingerprint density at radius 3 is 2.46 bits per heavy atom. The Kier molecular flexibility index (Phi) is 4.68. The maximum atomic E-state index is 11.8. The summed E-state index contributed by atoms with van der Waals surface area (Å²) in [4.78, 5) is 40.0. The highest BCUT2D eigenvalue weighted by molar-refractivity contribution is 5.96. The second-order valence-electron chi connectivity index (χ2n) is 6.41. The summed E-state index contributed by atoms with van der Waals surface area (Å²) in [6, 6.07) is 2.11. The van der Waals surface area contributed by atoms with Crippen molar-refractivity contribution in [3.8, 4) is 11.5 Å². The number of aromatic carboxylic acids is 1. The molecule has 1 aliphatic heterocycles. The van der Waals surface area contributed by atoms with Gasteiger partial charge >= 0.3 is 12.0 Å². The number of nitrogens with zero attached hydrogens (tertiary/aromatic N) is 1. The van der Waals surface area contributed by atoms with Gasteiger partial charge in [-0.1, -0.05) is 20.8 Å². The lowest BCUT2D eigenvalue weighted by atomic mass is 9.85. The zero-order valence-electron chi connectivity index (χ0n) is 14.0. The van der Waals surface area contributed by atoms with Crippen molar-refractivity contribution in [1.29, 1.82) is 0 Å². The number of hydrogen-bond acceptors (Lipinski definition) is 5. The van der Waals surface area contributed by atoms with E-state index in [1.54, 1.807) is 0 Å². The Morgan fingerprint density at radius 2 is 1.96 bits per heavy atom. The molecular formula is C16H20N2O6. The van der Waals surface area contributed by atoms with Crippen molar-refractivity contribution in [1.82, 2.24) is 10.4 Å². The molecule has 0 radical (unpaired) electrons. The van der Waals surface area contributed by atoms with Crippen molar-refractivity contribution in [3.05, 3.63) is 23.3 Å². The van der Waals surface area contributed by atoms with E-state index in [-0.39, 0.29) is 30.2 Å². The number of urea groups is 1. The van der Waals surface area contributed by atoms with Crippen LogP contribution in [0.15, 0.2) is 12.1 Å². The van der Waals surface area contributed by atoms with Gasteiger partial charge in [0.05, 0.1) is 19.2 Å². The summed E-state index contributed by atoms with van der Waals surface area (Å²) in [5.74, 6) is -1.06. The number of nitrogens with one attached hydrogen (secondary N) is 1. The third kappa shape index (κ3) is 3.58. The molecule has 0 aliphatic carbocycles. The standard InChI is InChI=1S/C16H20N2O6/c1-16(2,3)10-7-9(14(20)21)8-11(13(10)23-4)24-18-6-5-12(19)17-15(18)22/h7-8H,5-6H2,1-4H3,(H,20,21)(H,17,19,22). The molecule has 1 aromatic rings. The molecule has 0 saturated carbocycles. The van der Waals surface area contributed by atoms with Crippen LogP contribution in [-0.4, -0.2) is 41.7 Å².